The second-order valence-corrected chi connectivity index (χ2v) is 3.61. The molecular weight excluding hydrogens is 200 g/mol. The number of imidazole rings is 1. The zero-order valence-electron chi connectivity index (χ0n) is 8.75. The van der Waals surface area contributed by atoms with E-state index in [1.807, 2.05) is 16.7 Å². The molecule has 1 aromatic carbocycles. The summed E-state index contributed by atoms with van der Waals surface area (Å²) in [6.45, 7) is 2.06. The van der Waals surface area contributed by atoms with Gasteiger partial charge in [-0.05, 0) is 24.6 Å². The summed E-state index contributed by atoms with van der Waals surface area (Å²) in [6.07, 6.45) is 6.03. The van der Waals surface area contributed by atoms with Crippen LogP contribution in [0, 0.1) is 13.1 Å². The lowest BCUT2D eigenvalue weighted by Gasteiger charge is -2.03. The Morgan fingerprint density at radius 2 is 2.19 bits per heavy atom. The fourth-order valence-electron chi connectivity index (χ4n) is 1.68. The van der Waals surface area contributed by atoms with Crippen molar-refractivity contribution < 1.29 is 0 Å². The smallest absolute Gasteiger partial charge is 0.168 e. The summed E-state index contributed by atoms with van der Waals surface area (Å²) in [6, 6.07) is 8.19. The van der Waals surface area contributed by atoms with Crippen LogP contribution in [0.15, 0.2) is 36.9 Å². The van der Waals surface area contributed by atoms with Crippen molar-refractivity contribution in [2.45, 2.75) is 6.92 Å². The zero-order chi connectivity index (χ0) is 11.0. The lowest BCUT2D eigenvalue weighted by Crippen LogP contribution is -1.94. The van der Waals surface area contributed by atoms with Crippen molar-refractivity contribution in [2.24, 2.45) is 0 Å². The molecular formula is C12H9N4. The van der Waals surface area contributed by atoms with Crippen LogP contribution in [-0.4, -0.2) is 19.5 Å². The fourth-order valence-corrected chi connectivity index (χ4v) is 1.68. The highest BCUT2D eigenvalue weighted by Gasteiger charge is 2.05. The Kier molecular flexibility index (Phi) is 1.93. The predicted molar refractivity (Wildman–Crippen MR) is 60.2 cm³/mol. The van der Waals surface area contributed by atoms with Gasteiger partial charge in [0, 0.05) is 5.69 Å². The second-order valence-electron chi connectivity index (χ2n) is 3.61. The van der Waals surface area contributed by atoms with E-state index >= 15 is 0 Å². The molecule has 0 saturated heterocycles. The molecule has 4 nitrogen and oxygen atoms in total. The number of hydrogen-bond acceptors (Lipinski definition) is 3. The van der Waals surface area contributed by atoms with E-state index in [1.54, 1.807) is 6.33 Å². The third-order valence-corrected chi connectivity index (χ3v) is 2.43. The minimum Gasteiger partial charge on any atom is -0.283 e. The maximum absolute atomic E-state index is 4.21. The Morgan fingerprint density at radius 1 is 1.25 bits per heavy atom. The van der Waals surface area contributed by atoms with E-state index in [9.17, 15) is 0 Å². The molecule has 0 saturated carbocycles. The zero-order valence-corrected chi connectivity index (χ0v) is 8.75. The maximum Gasteiger partial charge on any atom is 0.168 e. The van der Waals surface area contributed by atoms with E-state index in [0.717, 1.165) is 11.3 Å². The standard InChI is InChI=1S/C12H9N4/c1-9-3-2-4-10(5-9)16-8-15-11-6-13-7-14-12(11)16/h2-5,7-8H,1H3. The van der Waals surface area contributed by atoms with Crippen molar-refractivity contribution in [2.75, 3.05) is 0 Å². The lowest BCUT2D eigenvalue weighted by molar-refractivity contribution is 1.06. The molecule has 3 rings (SSSR count). The van der Waals surface area contributed by atoms with E-state index in [2.05, 4.69) is 40.2 Å². The van der Waals surface area contributed by atoms with Crippen molar-refractivity contribution in [3.05, 3.63) is 48.7 Å². The Bertz CT molecular complexity index is 642. The molecule has 0 spiro atoms. The first-order valence-corrected chi connectivity index (χ1v) is 4.97. The summed E-state index contributed by atoms with van der Waals surface area (Å²) in [4.78, 5) is 12.2. The van der Waals surface area contributed by atoms with Crippen LogP contribution < -0.4 is 0 Å². The normalized spacial score (nSPS) is 10.8. The van der Waals surface area contributed by atoms with Crippen molar-refractivity contribution in [3.63, 3.8) is 0 Å². The first-order chi connectivity index (χ1) is 7.84. The summed E-state index contributed by atoms with van der Waals surface area (Å²) in [5, 5.41) is 0. The van der Waals surface area contributed by atoms with E-state index in [-0.39, 0.29) is 0 Å². The average molecular weight is 209 g/mol. The SMILES string of the molecule is Cc1cccc(-n2cnc3[c]ncnc32)c1. The highest BCUT2D eigenvalue weighted by atomic mass is 15.1. The van der Waals surface area contributed by atoms with Gasteiger partial charge in [-0.25, -0.2) is 15.0 Å². The molecule has 0 fully saturated rings. The monoisotopic (exact) mass is 209 g/mol. The topological polar surface area (TPSA) is 43.6 Å². The number of aromatic nitrogens is 4. The number of nitrogens with zero attached hydrogens (tertiary/aromatic N) is 4. The fraction of sp³-hybridized carbons (Fsp3) is 0.0833. The van der Waals surface area contributed by atoms with Gasteiger partial charge in [0.05, 0.1) is 0 Å². The number of rotatable bonds is 1. The Morgan fingerprint density at radius 3 is 3.06 bits per heavy atom. The van der Waals surface area contributed by atoms with Gasteiger partial charge in [-0.2, -0.15) is 0 Å². The van der Waals surface area contributed by atoms with Gasteiger partial charge in [-0.15, -0.1) is 0 Å². The molecule has 4 heteroatoms. The van der Waals surface area contributed by atoms with Crippen molar-refractivity contribution in [1.82, 2.24) is 19.5 Å². The predicted octanol–water partition coefficient (Wildman–Crippen LogP) is 1.92. The molecule has 0 aliphatic carbocycles. The maximum atomic E-state index is 4.21. The molecule has 0 unspecified atom stereocenters. The van der Waals surface area contributed by atoms with E-state index in [4.69, 9.17) is 0 Å². The first-order valence-electron chi connectivity index (χ1n) is 4.97. The molecule has 16 heavy (non-hydrogen) atoms. The molecule has 77 valence electrons. The summed E-state index contributed by atoms with van der Waals surface area (Å²) in [7, 11) is 0. The van der Waals surface area contributed by atoms with Crippen molar-refractivity contribution >= 4 is 11.2 Å². The molecule has 0 aliphatic heterocycles. The van der Waals surface area contributed by atoms with Gasteiger partial charge in [0.2, 0.25) is 0 Å². The van der Waals surface area contributed by atoms with E-state index in [1.165, 1.54) is 11.9 Å². The van der Waals surface area contributed by atoms with Gasteiger partial charge in [-0.3, -0.25) is 4.57 Å². The largest absolute Gasteiger partial charge is 0.283 e. The third kappa shape index (κ3) is 1.35. The Labute approximate surface area is 92.6 Å². The molecule has 2 aromatic heterocycles. The summed E-state index contributed by atoms with van der Waals surface area (Å²) in [5.74, 6) is 0. The number of hydrogen-bond donors (Lipinski definition) is 0. The minimum absolute atomic E-state index is 0.684. The Balaban J connectivity index is 2.26. The van der Waals surface area contributed by atoms with Crippen LogP contribution in [0.4, 0.5) is 0 Å². The average Bonchev–Trinajstić information content (AvgIpc) is 2.72. The lowest BCUT2D eigenvalue weighted by atomic mass is 10.2. The summed E-state index contributed by atoms with van der Waals surface area (Å²) in [5.41, 5.74) is 3.72. The van der Waals surface area contributed by atoms with Gasteiger partial charge in [0.1, 0.15) is 24.4 Å². The Hall–Kier alpha value is -2.23. The van der Waals surface area contributed by atoms with Crippen LogP contribution >= 0.6 is 0 Å². The van der Waals surface area contributed by atoms with Gasteiger partial charge < -0.3 is 0 Å². The number of benzene rings is 1. The highest BCUT2D eigenvalue weighted by Crippen LogP contribution is 2.15. The number of fused-ring (bicyclic) bond motifs is 1. The summed E-state index contributed by atoms with van der Waals surface area (Å²) < 4.78 is 1.93. The van der Waals surface area contributed by atoms with Gasteiger partial charge in [0.15, 0.2) is 5.65 Å². The van der Waals surface area contributed by atoms with Crippen LogP contribution in [0.2, 0.25) is 0 Å². The molecule has 1 radical (unpaired) electrons. The van der Waals surface area contributed by atoms with E-state index in [0.29, 0.717) is 5.52 Å². The first kappa shape index (κ1) is 9.03. The van der Waals surface area contributed by atoms with Crippen molar-refractivity contribution in [1.29, 1.82) is 0 Å². The van der Waals surface area contributed by atoms with E-state index < -0.39 is 0 Å². The quantitative estimate of drug-likeness (QED) is 0.615. The minimum atomic E-state index is 0.684. The van der Waals surface area contributed by atoms with Crippen LogP contribution in [0.1, 0.15) is 5.56 Å². The number of aryl methyl sites for hydroxylation is 1. The van der Waals surface area contributed by atoms with Crippen molar-refractivity contribution in [3.8, 4) is 5.69 Å². The highest BCUT2D eigenvalue weighted by molar-refractivity contribution is 5.70. The molecule has 2 heterocycles. The molecule has 3 aromatic rings. The van der Waals surface area contributed by atoms with Gasteiger partial charge in [-0.1, -0.05) is 12.1 Å². The third-order valence-electron chi connectivity index (χ3n) is 2.43. The molecule has 0 aliphatic rings. The van der Waals surface area contributed by atoms with Crippen LogP contribution in [0.25, 0.3) is 16.9 Å². The van der Waals surface area contributed by atoms with Gasteiger partial charge >= 0.3 is 0 Å². The summed E-state index contributed by atoms with van der Waals surface area (Å²) >= 11 is 0. The van der Waals surface area contributed by atoms with Crippen LogP contribution in [0.3, 0.4) is 0 Å². The molecule has 0 bridgehead atoms. The van der Waals surface area contributed by atoms with Gasteiger partial charge in [0.25, 0.3) is 0 Å². The molecule has 0 atom stereocenters. The van der Waals surface area contributed by atoms with Crippen LogP contribution in [0.5, 0.6) is 0 Å². The second kappa shape index (κ2) is 3.41. The molecule has 0 N–H and O–H groups in total. The molecule has 0 amide bonds. The van der Waals surface area contributed by atoms with Crippen LogP contribution in [-0.2, 0) is 0 Å².